The molecule has 3 amide bonds. The molecule has 0 aromatic carbocycles. The highest BCUT2D eigenvalue weighted by atomic mass is 79.9. The van der Waals surface area contributed by atoms with E-state index in [1.807, 2.05) is 0 Å². The summed E-state index contributed by atoms with van der Waals surface area (Å²) in [5, 5.41) is 2.10. The minimum absolute atomic E-state index is 0.173. The van der Waals surface area contributed by atoms with Crippen molar-refractivity contribution in [1.82, 2.24) is 14.8 Å². The fourth-order valence-corrected chi connectivity index (χ4v) is 2.06. The number of hydrogen-bond donors (Lipinski definition) is 1. The van der Waals surface area contributed by atoms with E-state index in [-0.39, 0.29) is 25.2 Å². The zero-order valence-corrected chi connectivity index (χ0v) is 11.3. The molecule has 1 aliphatic heterocycles. The molecule has 1 aromatic rings. The molecule has 0 saturated carbocycles. The minimum atomic E-state index is -0.522. The number of carbonyl (C=O) groups is 3. The highest BCUT2D eigenvalue weighted by Crippen LogP contribution is 2.05. The fraction of sp³-hybridized carbons (Fsp3) is 0.273. The third kappa shape index (κ3) is 3.28. The Kier molecular flexibility index (Phi) is 3.79. The van der Waals surface area contributed by atoms with Crippen molar-refractivity contribution in [3.8, 4) is 0 Å². The van der Waals surface area contributed by atoms with Gasteiger partial charge in [-0.05, 0) is 22.0 Å². The van der Waals surface area contributed by atoms with Crippen LogP contribution in [-0.4, -0.2) is 40.3 Å². The molecule has 0 unspecified atom stereocenters. The predicted octanol–water partition coefficient (Wildman–Crippen LogP) is -0.904. The SMILES string of the molecule is O=C1CN(C(=O)Cn2cc(Br)ccc2=O)CC(=O)N1. The van der Waals surface area contributed by atoms with E-state index in [4.69, 9.17) is 0 Å². The van der Waals surface area contributed by atoms with E-state index in [1.165, 1.54) is 16.8 Å². The van der Waals surface area contributed by atoms with Gasteiger partial charge in [0.1, 0.15) is 19.6 Å². The van der Waals surface area contributed by atoms with Crippen molar-refractivity contribution in [2.24, 2.45) is 0 Å². The summed E-state index contributed by atoms with van der Waals surface area (Å²) in [4.78, 5) is 46.9. The van der Waals surface area contributed by atoms with Crippen LogP contribution in [0, 0.1) is 0 Å². The van der Waals surface area contributed by atoms with Crippen molar-refractivity contribution in [3.63, 3.8) is 0 Å². The molecule has 2 rings (SSSR count). The largest absolute Gasteiger partial charge is 0.323 e. The van der Waals surface area contributed by atoms with Crippen LogP contribution >= 0.6 is 15.9 Å². The lowest BCUT2D eigenvalue weighted by molar-refractivity contribution is -0.145. The number of imide groups is 1. The standard InChI is InChI=1S/C11H10BrN3O4/c12-7-1-2-10(18)14(3-7)6-11(19)15-4-8(16)13-9(17)5-15/h1-3H,4-6H2,(H,13,16,17). The molecule has 0 bridgehead atoms. The van der Waals surface area contributed by atoms with Gasteiger partial charge in [-0.15, -0.1) is 0 Å². The zero-order chi connectivity index (χ0) is 14.0. The number of nitrogens with zero attached hydrogens (tertiary/aromatic N) is 2. The molecule has 1 fully saturated rings. The van der Waals surface area contributed by atoms with Gasteiger partial charge in [-0.1, -0.05) is 0 Å². The van der Waals surface area contributed by atoms with Crippen LogP contribution in [-0.2, 0) is 20.9 Å². The summed E-state index contributed by atoms with van der Waals surface area (Å²) in [6, 6.07) is 2.90. The van der Waals surface area contributed by atoms with Crippen molar-refractivity contribution < 1.29 is 14.4 Å². The topological polar surface area (TPSA) is 88.5 Å². The van der Waals surface area contributed by atoms with Crippen molar-refractivity contribution in [2.75, 3.05) is 13.1 Å². The van der Waals surface area contributed by atoms with Crippen LogP contribution in [0.25, 0.3) is 0 Å². The van der Waals surface area contributed by atoms with E-state index >= 15 is 0 Å². The highest BCUT2D eigenvalue weighted by molar-refractivity contribution is 9.10. The van der Waals surface area contributed by atoms with E-state index < -0.39 is 17.7 Å². The van der Waals surface area contributed by atoms with Gasteiger partial charge in [0.25, 0.3) is 5.56 Å². The predicted molar refractivity (Wildman–Crippen MR) is 68.1 cm³/mol. The maximum Gasteiger partial charge on any atom is 0.251 e. The number of halogens is 1. The van der Waals surface area contributed by atoms with E-state index in [9.17, 15) is 19.2 Å². The summed E-state index contributed by atoms with van der Waals surface area (Å²) in [5.74, 6) is -1.50. The van der Waals surface area contributed by atoms with Crippen LogP contribution in [0.2, 0.25) is 0 Å². The smallest absolute Gasteiger partial charge is 0.251 e. The molecule has 0 aliphatic carbocycles. The van der Waals surface area contributed by atoms with Crippen molar-refractivity contribution in [1.29, 1.82) is 0 Å². The van der Waals surface area contributed by atoms with Gasteiger partial charge in [-0.25, -0.2) is 0 Å². The maximum atomic E-state index is 11.9. The average Bonchev–Trinajstić information content (AvgIpc) is 2.32. The number of nitrogens with one attached hydrogen (secondary N) is 1. The highest BCUT2D eigenvalue weighted by Gasteiger charge is 2.26. The Morgan fingerprint density at radius 2 is 1.84 bits per heavy atom. The minimum Gasteiger partial charge on any atom is -0.323 e. The van der Waals surface area contributed by atoms with Crippen molar-refractivity contribution >= 4 is 33.7 Å². The lowest BCUT2D eigenvalue weighted by atomic mass is 10.3. The lowest BCUT2D eigenvalue weighted by Gasteiger charge is -2.25. The van der Waals surface area contributed by atoms with Crippen LogP contribution in [0.15, 0.2) is 27.6 Å². The van der Waals surface area contributed by atoms with Gasteiger partial charge in [-0.3, -0.25) is 24.5 Å². The Balaban J connectivity index is 2.12. The van der Waals surface area contributed by atoms with Gasteiger partial charge < -0.3 is 9.47 Å². The molecular formula is C11H10BrN3O4. The fourth-order valence-electron chi connectivity index (χ4n) is 1.68. The first-order valence-electron chi connectivity index (χ1n) is 5.42. The number of amides is 3. The monoisotopic (exact) mass is 327 g/mol. The van der Waals surface area contributed by atoms with E-state index in [2.05, 4.69) is 21.2 Å². The molecule has 2 heterocycles. The van der Waals surface area contributed by atoms with Gasteiger partial charge in [0.15, 0.2) is 0 Å². The second-order valence-electron chi connectivity index (χ2n) is 4.03. The zero-order valence-electron chi connectivity index (χ0n) is 9.76. The molecule has 1 aliphatic rings. The van der Waals surface area contributed by atoms with Crippen LogP contribution in [0.1, 0.15) is 0 Å². The molecule has 0 spiro atoms. The molecule has 0 atom stereocenters. The van der Waals surface area contributed by atoms with Gasteiger partial charge in [0.05, 0.1) is 0 Å². The number of aromatic nitrogens is 1. The first kappa shape index (κ1) is 13.5. The summed E-state index contributed by atoms with van der Waals surface area (Å²) in [6.07, 6.45) is 1.48. The van der Waals surface area contributed by atoms with E-state index in [0.29, 0.717) is 4.47 Å². The van der Waals surface area contributed by atoms with Gasteiger partial charge in [-0.2, -0.15) is 0 Å². The van der Waals surface area contributed by atoms with Crippen molar-refractivity contribution in [3.05, 3.63) is 33.2 Å². The summed E-state index contributed by atoms with van der Waals surface area (Å²) >= 11 is 3.20. The van der Waals surface area contributed by atoms with E-state index in [1.54, 1.807) is 6.07 Å². The summed E-state index contributed by atoms with van der Waals surface area (Å²) < 4.78 is 1.87. The summed E-state index contributed by atoms with van der Waals surface area (Å²) in [6.45, 7) is -0.556. The molecule has 0 radical (unpaired) electrons. The van der Waals surface area contributed by atoms with Gasteiger partial charge in [0, 0.05) is 16.7 Å². The Morgan fingerprint density at radius 3 is 2.47 bits per heavy atom. The van der Waals surface area contributed by atoms with Crippen LogP contribution < -0.4 is 10.9 Å². The maximum absolute atomic E-state index is 11.9. The first-order valence-corrected chi connectivity index (χ1v) is 6.21. The third-order valence-electron chi connectivity index (χ3n) is 2.55. The van der Waals surface area contributed by atoms with Gasteiger partial charge >= 0.3 is 0 Å². The Hall–Kier alpha value is -1.96. The van der Waals surface area contributed by atoms with E-state index in [0.717, 1.165) is 4.90 Å². The molecule has 7 nitrogen and oxygen atoms in total. The first-order chi connectivity index (χ1) is 8.95. The molecule has 1 saturated heterocycles. The number of piperazine rings is 1. The van der Waals surface area contributed by atoms with Gasteiger partial charge in [0.2, 0.25) is 17.7 Å². The number of hydrogen-bond acceptors (Lipinski definition) is 4. The lowest BCUT2D eigenvalue weighted by Crippen LogP contribution is -2.54. The summed E-state index contributed by atoms with van der Waals surface area (Å²) in [5.41, 5.74) is -0.329. The molecule has 19 heavy (non-hydrogen) atoms. The van der Waals surface area contributed by atoms with Crippen LogP contribution in [0.5, 0.6) is 0 Å². The molecule has 100 valence electrons. The molecular weight excluding hydrogens is 318 g/mol. The second-order valence-corrected chi connectivity index (χ2v) is 4.95. The average molecular weight is 328 g/mol. The Morgan fingerprint density at radius 1 is 1.21 bits per heavy atom. The number of rotatable bonds is 2. The number of pyridine rings is 1. The Bertz CT molecular complexity index is 594. The molecule has 8 heteroatoms. The normalized spacial score (nSPS) is 15.3. The summed E-state index contributed by atoms with van der Waals surface area (Å²) in [7, 11) is 0. The Labute approximate surface area is 116 Å². The van der Waals surface area contributed by atoms with Crippen molar-refractivity contribution in [2.45, 2.75) is 6.54 Å². The number of carbonyl (C=O) groups excluding carboxylic acids is 3. The molecule has 1 N–H and O–H groups in total. The second kappa shape index (κ2) is 5.35. The quantitative estimate of drug-likeness (QED) is 0.713. The molecule has 1 aromatic heterocycles. The van der Waals surface area contributed by atoms with Crippen LogP contribution in [0.4, 0.5) is 0 Å². The van der Waals surface area contributed by atoms with Crippen LogP contribution in [0.3, 0.4) is 0 Å². The third-order valence-corrected chi connectivity index (χ3v) is 3.02.